The molecule has 12 heteroatoms. The van der Waals surface area contributed by atoms with Crippen molar-refractivity contribution in [2.45, 2.75) is 36.0 Å². The number of rotatable bonds is 4. The normalized spacial score (nSPS) is 17.6. The number of halogens is 1. The molecule has 4 N–H and O–H groups in total. The Kier molecular flexibility index (Phi) is 8.06. The molecule has 0 aliphatic carbocycles. The number of anilines is 3. The fourth-order valence-electron chi connectivity index (χ4n) is 3.63. The first-order valence-corrected chi connectivity index (χ1v) is 14.8. The van der Waals surface area contributed by atoms with Gasteiger partial charge in [-0.3, -0.25) is 0 Å². The molecular weight excluding hydrogens is 515 g/mol. The number of fused-ring (bicyclic) bond motifs is 4. The van der Waals surface area contributed by atoms with E-state index in [1.54, 1.807) is 37.4 Å². The van der Waals surface area contributed by atoms with Crippen molar-refractivity contribution in [3.8, 4) is 11.8 Å². The van der Waals surface area contributed by atoms with E-state index in [9.17, 15) is 17.0 Å². The van der Waals surface area contributed by atoms with Gasteiger partial charge in [-0.05, 0) is 55.7 Å². The molecule has 1 aliphatic heterocycles. The summed E-state index contributed by atoms with van der Waals surface area (Å²) < 4.78 is 62.3. The molecule has 4 bridgehead atoms. The summed E-state index contributed by atoms with van der Waals surface area (Å²) in [6, 6.07) is 10.8. The van der Waals surface area contributed by atoms with E-state index in [4.69, 9.17) is 4.78 Å². The van der Waals surface area contributed by atoms with Crippen molar-refractivity contribution in [1.82, 2.24) is 14.7 Å². The Bertz CT molecular complexity index is 1580. The average Bonchev–Trinajstić information content (AvgIpc) is 2.86. The second kappa shape index (κ2) is 11.2. The van der Waals surface area contributed by atoms with Crippen LogP contribution in [0.3, 0.4) is 0 Å². The molecule has 194 valence electrons. The maximum Gasteiger partial charge on any atom is 0.243 e. The van der Waals surface area contributed by atoms with E-state index in [2.05, 4.69) is 37.2 Å². The first-order valence-electron chi connectivity index (χ1n) is 11.6. The summed E-state index contributed by atoms with van der Waals surface area (Å²) >= 11 is 0. The number of benzene rings is 2. The van der Waals surface area contributed by atoms with E-state index < -0.39 is 25.6 Å². The number of aromatic nitrogens is 2. The Morgan fingerprint density at radius 3 is 2.89 bits per heavy atom. The van der Waals surface area contributed by atoms with Crippen molar-refractivity contribution in [2.24, 2.45) is 0 Å². The van der Waals surface area contributed by atoms with E-state index in [0.717, 1.165) is 6.07 Å². The summed E-state index contributed by atoms with van der Waals surface area (Å²) in [6.07, 6.45) is 3.05. The van der Waals surface area contributed by atoms with E-state index in [-0.39, 0.29) is 23.6 Å². The second-order valence-corrected chi connectivity index (χ2v) is 12.5. The zero-order valence-electron chi connectivity index (χ0n) is 20.2. The lowest BCUT2D eigenvalue weighted by Crippen LogP contribution is -2.25. The first kappa shape index (κ1) is 26.5. The Morgan fingerprint density at radius 2 is 2.05 bits per heavy atom. The van der Waals surface area contributed by atoms with Crippen LogP contribution in [-0.4, -0.2) is 41.4 Å². The molecule has 0 amide bonds. The van der Waals surface area contributed by atoms with Crippen molar-refractivity contribution < 1.29 is 17.0 Å². The van der Waals surface area contributed by atoms with E-state index in [1.165, 1.54) is 12.1 Å². The van der Waals surface area contributed by atoms with Gasteiger partial charge in [-0.1, -0.05) is 24.0 Å². The van der Waals surface area contributed by atoms with Crippen molar-refractivity contribution in [3.63, 3.8) is 0 Å². The molecule has 0 fully saturated rings. The fraction of sp³-hybridized carbons (Fsp3) is 0.280. The summed E-state index contributed by atoms with van der Waals surface area (Å²) in [5.74, 6) is 6.15. The minimum atomic E-state index is -4.00. The van der Waals surface area contributed by atoms with Gasteiger partial charge in [-0.2, -0.15) is 4.98 Å². The zero-order valence-corrected chi connectivity index (χ0v) is 21.8. The number of nitrogens with zero attached hydrogens (tertiary/aromatic N) is 2. The van der Waals surface area contributed by atoms with Crippen LogP contribution in [0, 0.1) is 29.4 Å². The summed E-state index contributed by atoms with van der Waals surface area (Å²) in [7, 11) is -6.89. The number of nitrogens with one attached hydrogen (secondary N) is 4. The molecule has 0 saturated carbocycles. The molecule has 0 spiro atoms. The quantitative estimate of drug-likeness (QED) is 0.289. The van der Waals surface area contributed by atoms with Crippen LogP contribution in [0.4, 0.5) is 21.8 Å². The monoisotopic (exact) mass is 542 g/mol. The summed E-state index contributed by atoms with van der Waals surface area (Å²) in [5.41, 5.74) is 1.80. The lowest BCUT2D eigenvalue weighted by molar-refractivity contribution is 0.557. The minimum Gasteiger partial charge on any atom is -0.369 e. The van der Waals surface area contributed by atoms with Gasteiger partial charge in [-0.15, -0.1) is 0 Å². The molecule has 1 atom stereocenters. The Morgan fingerprint density at radius 1 is 1.22 bits per heavy atom. The third-order valence-electron chi connectivity index (χ3n) is 5.55. The molecule has 0 saturated heterocycles. The van der Waals surface area contributed by atoms with Gasteiger partial charge in [0.25, 0.3) is 0 Å². The maximum absolute atomic E-state index is 14.0. The predicted molar refractivity (Wildman–Crippen MR) is 141 cm³/mol. The molecular formula is C25H27FN6O3S2. The summed E-state index contributed by atoms with van der Waals surface area (Å²) in [6.45, 7) is 2.24. The van der Waals surface area contributed by atoms with Gasteiger partial charge in [0.05, 0.1) is 21.5 Å². The molecule has 1 aromatic heterocycles. The van der Waals surface area contributed by atoms with Crippen LogP contribution in [0.5, 0.6) is 0 Å². The fourth-order valence-corrected chi connectivity index (χ4v) is 6.29. The lowest BCUT2D eigenvalue weighted by atomic mass is 10.2. The first-order chi connectivity index (χ1) is 17.6. The van der Waals surface area contributed by atoms with Gasteiger partial charge in [-0.25, -0.2) is 31.5 Å². The smallest absolute Gasteiger partial charge is 0.243 e. The minimum absolute atomic E-state index is 0.00865. The topological polar surface area (TPSA) is 137 Å². The highest BCUT2D eigenvalue weighted by molar-refractivity contribution is 7.92. The van der Waals surface area contributed by atoms with Gasteiger partial charge in [0.2, 0.25) is 16.0 Å². The van der Waals surface area contributed by atoms with E-state index >= 15 is 0 Å². The molecule has 1 aliphatic rings. The molecule has 2 aromatic carbocycles. The van der Waals surface area contributed by atoms with Crippen LogP contribution < -0.4 is 15.4 Å². The SMILES string of the molecule is Cc1ccc(F)c(S(=O)(=O)NCCC#Cc2cnc3nc2NCCCCS(=N)(=O)c2cccc(c2)N3)c1. The molecule has 3 aromatic rings. The highest BCUT2D eigenvalue weighted by Gasteiger charge is 2.18. The van der Waals surface area contributed by atoms with Crippen molar-refractivity contribution >= 4 is 37.2 Å². The van der Waals surface area contributed by atoms with Crippen molar-refractivity contribution in [1.29, 1.82) is 4.78 Å². The summed E-state index contributed by atoms with van der Waals surface area (Å²) in [4.78, 5) is 8.90. The van der Waals surface area contributed by atoms with Gasteiger partial charge in [0.1, 0.15) is 16.5 Å². The van der Waals surface area contributed by atoms with Gasteiger partial charge in [0.15, 0.2) is 0 Å². The van der Waals surface area contributed by atoms with Crippen LogP contribution in [0.1, 0.15) is 30.4 Å². The maximum atomic E-state index is 14.0. The van der Waals surface area contributed by atoms with E-state index in [0.29, 0.717) is 52.9 Å². The van der Waals surface area contributed by atoms with Crippen LogP contribution in [0.25, 0.3) is 0 Å². The Hall–Kier alpha value is -3.53. The molecule has 9 nitrogen and oxygen atoms in total. The Labute approximate surface area is 216 Å². The molecule has 2 heterocycles. The zero-order chi connectivity index (χ0) is 26.5. The molecule has 4 rings (SSSR count). The van der Waals surface area contributed by atoms with Gasteiger partial charge < -0.3 is 10.6 Å². The third kappa shape index (κ3) is 6.82. The van der Waals surface area contributed by atoms with Gasteiger partial charge >= 0.3 is 0 Å². The van der Waals surface area contributed by atoms with Gasteiger partial charge in [0, 0.05) is 35.8 Å². The lowest BCUT2D eigenvalue weighted by Gasteiger charge is -2.10. The second-order valence-electron chi connectivity index (χ2n) is 8.51. The van der Waals surface area contributed by atoms with Crippen LogP contribution in [-0.2, 0) is 19.8 Å². The standard InChI is InChI=1S/C25H27FN6O3S2/c1-18-10-11-22(26)23(15-18)37(34,35)30-13-3-2-7-19-17-29-25-31-20-8-6-9-21(16-20)36(27,33)14-5-4-12-28-24(19)32-25/h6,8-11,15-17,27,30H,3-5,12-14H2,1H3,(H2,28,29,31,32). The molecule has 37 heavy (non-hydrogen) atoms. The molecule has 1 unspecified atom stereocenters. The molecule has 0 radical (unpaired) electrons. The number of aryl methyl sites for hydroxylation is 1. The highest BCUT2D eigenvalue weighted by atomic mass is 32.2. The van der Waals surface area contributed by atoms with E-state index in [1.807, 2.05) is 0 Å². The van der Waals surface area contributed by atoms with Crippen LogP contribution in [0.2, 0.25) is 0 Å². The highest BCUT2D eigenvalue weighted by Crippen LogP contribution is 2.23. The Balaban J connectivity index is 1.47. The number of hydrogen-bond donors (Lipinski definition) is 4. The predicted octanol–water partition coefficient (Wildman–Crippen LogP) is 4.00. The third-order valence-corrected chi connectivity index (χ3v) is 8.91. The van der Waals surface area contributed by atoms with Crippen LogP contribution >= 0.6 is 0 Å². The largest absolute Gasteiger partial charge is 0.369 e. The average molecular weight is 543 g/mol. The van der Waals surface area contributed by atoms with Crippen LogP contribution in [0.15, 0.2) is 58.5 Å². The van der Waals surface area contributed by atoms with Crippen molar-refractivity contribution in [3.05, 3.63) is 65.6 Å². The van der Waals surface area contributed by atoms with Crippen molar-refractivity contribution in [2.75, 3.05) is 29.5 Å². The number of hydrogen-bond acceptors (Lipinski definition) is 8. The summed E-state index contributed by atoms with van der Waals surface area (Å²) in [5, 5.41) is 6.30. The number of sulfonamides is 1.